The number of ether oxygens (including phenoxy) is 1. The molecule has 0 saturated heterocycles. The average Bonchev–Trinajstić information content (AvgIpc) is 2.26. The predicted octanol–water partition coefficient (Wildman–Crippen LogP) is 3.20. The largest absolute Gasteiger partial charge is 0.462 e. The highest BCUT2D eigenvalue weighted by atomic mass is 19.4. The molecule has 0 saturated carbocycles. The van der Waals surface area contributed by atoms with E-state index in [-0.39, 0.29) is 6.61 Å². The molecule has 17 heavy (non-hydrogen) atoms. The van der Waals surface area contributed by atoms with Crippen LogP contribution < -0.4 is 0 Å². The minimum atomic E-state index is -4.72. The topological polar surface area (TPSA) is 26.3 Å². The lowest BCUT2D eigenvalue weighted by molar-refractivity contribution is -0.149. The fourth-order valence-corrected chi connectivity index (χ4v) is 1.18. The summed E-state index contributed by atoms with van der Waals surface area (Å²) in [5.74, 6) is -1.36. The molecule has 0 spiro atoms. The Bertz CT molecular complexity index is 408. The summed E-state index contributed by atoms with van der Waals surface area (Å²) < 4.78 is 42.2. The monoisotopic (exact) mass is 244 g/mol. The van der Waals surface area contributed by atoms with Crippen LogP contribution in [0.1, 0.15) is 12.5 Å². The standard InChI is InChI=1S/C12H11F3O2/c1-2-17-11(16)10(12(13,14)15)8-9-6-4-3-5-7-9/h3-8H,2H2,1H3. The summed E-state index contributed by atoms with van der Waals surface area (Å²) in [7, 11) is 0. The Kier molecular flexibility index (Phi) is 4.31. The molecule has 1 aromatic rings. The summed E-state index contributed by atoms with van der Waals surface area (Å²) in [6.45, 7) is 1.36. The van der Waals surface area contributed by atoms with Gasteiger partial charge in [-0.15, -0.1) is 0 Å². The van der Waals surface area contributed by atoms with Gasteiger partial charge >= 0.3 is 12.1 Å². The molecule has 1 aromatic carbocycles. The smallest absolute Gasteiger partial charge is 0.423 e. The second-order valence-electron chi connectivity index (χ2n) is 3.19. The van der Waals surface area contributed by atoms with E-state index in [4.69, 9.17) is 0 Å². The minimum absolute atomic E-state index is 0.0962. The zero-order valence-electron chi connectivity index (χ0n) is 9.12. The zero-order valence-corrected chi connectivity index (χ0v) is 9.12. The van der Waals surface area contributed by atoms with Gasteiger partial charge in [0.05, 0.1) is 6.61 Å². The van der Waals surface area contributed by atoms with Crippen LogP contribution in [0, 0.1) is 0 Å². The van der Waals surface area contributed by atoms with Gasteiger partial charge in [0.25, 0.3) is 0 Å². The number of esters is 1. The van der Waals surface area contributed by atoms with Gasteiger partial charge in [-0.1, -0.05) is 30.3 Å². The number of halogens is 3. The van der Waals surface area contributed by atoms with Crippen LogP contribution in [0.15, 0.2) is 35.9 Å². The van der Waals surface area contributed by atoms with Crippen molar-refractivity contribution in [3.8, 4) is 0 Å². The fraction of sp³-hybridized carbons (Fsp3) is 0.250. The number of hydrogen-bond acceptors (Lipinski definition) is 2. The first-order valence-electron chi connectivity index (χ1n) is 4.96. The van der Waals surface area contributed by atoms with Crippen molar-refractivity contribution in [1.82, 2.24) is 0 Å². The van der Waals surface area contributed by atoms with Crippen molar-refractivity contribution in [2.45, 2.75) is 13.1 Å². The lowest BCUT2D eigenvalue weighted by Gasteiger charge is -2.10. The van der Waals surface area contributed by atoms with Gasteiger partial charge in [0, 0.05) is 0 Å². The normalized spacial score (nSPS) is 12.4. The van der Waals surface area contributed by atoms with Gasteiger partial charge in [0.2, 0.25) is 0 Å². The van der Waals surface area contributed by atoms with E-state index in [9.17, 15) is 18.0 Å². The SMILES string of the molecule is CCOC(=O)C(=Cc1ccccc1)C(F)(F)F. The molecule has 2 nitrogen and oxygen atoms in total. The first kappa shape index (κ1) is 13.3. The highest BCUT2D eigenvalue weighted by Gasteiger charge is 2.39. The van der Waals surface area contributed by atoms with Crippen molar-refractivity contribution in [2.24, 2.45) is 0 Å². The molecule has 92 valence electrons. The molecule has 5 heteroatoms. The maximum Gasteiger partial charge on any atom is 0.423 e. The van der Waals surface area contributed by atoms with Gasteiger partial charge < -0.3 is 4.74 Å². The van der Waals surface area contributed by atoms with Crippen molar-refractivity contribution < 1.29 is 22.7 Å². The van der Waals surface area contributed by atoms with Gasteiger partial charge in [-0.2, -0.15) is 13.2 Å². The van der Waals surface area contributed by atoms with Crippen molar-refractivity contribution in [2.75, 3.05) is 6.61 Å². The van der Waals surface area contributed by atoms with E-state index in [0.29, 0.717) is 5.56 Å². The molecule has 0 N–H and O–H groups in total. The van der Waals surface area contributed by atoms with Crippen molar-refractivity contribution in [3.05, 3.63) is 41.5 Å². The lowest BCUT2D eigenvalue weighted by Crippen LogP contribution is -2.22. The molecule has 0 aliphatic rings. The molecule has 0 heterocycles. The second-order valence-corrected chi connectivity index (χ2v) is 3.19. The molecular weight excluding hydrogens is 233 g/mol. The molecule has 0 aliphatic carbocycles. The maximum absolute atomic E-state index is 12.6. The second kappa shape index (κ2) is 5.52. The van der Waals surface area contributed by atoms with E-state index < -0.39 is 17.7 Å². The van der Waals surface area contributed by atoms with Crippen LogP contribution in [0.5, 0.6) is 0 Å². The Hall–Kier alpha value is -1.78. The third-order valence-electron chi connectivity index (χ3n) is 1.91. The minimum Gasteiger partial charge on any atom is -0.462 e. The highest BCUT2D eigenvalue weighted by molar-refractivity contribution is 5.95. The zero-order chi connectivity index (χ0) is 12.9. The summed E-state index contributed by atoms with van der Waals surface area (Å²) in [6.07, 6.45) is -3.94. The third kappa shape index (κ3) is 3.94. The summed E-state index contributed by atoms with van der Waals surface area (Å²) in [4.78, 5) is 11.2. The third-order valence-corrected chi connectivity index (χ3v) is 1.91. The summed E-state index contributed by atoms with van der Waals surface area (Å²) in [5.41, 5.74) is -1.00. The van der Waals surface area contributed by atoms with Crippen LogP contribution in [-0.2, 0) is 9.53 Å². The first-order valence-corrected chi connectivity index (χ1v) is 4.96. The molecule has 0 aliphatic heterocycles. The molecule has 0 bridgehead atoms. The Labute approximate surface area is 96.7 Å². The molecular formula is C12H11F3O2. The highest BCUT2D eigenvalue weighted by Crippen LogP contribution is 2.28. The number of alkyl halides is 3. The molecule has 0 atom stereocenters. The molecule has 0 radical (unpaired) electrons. The molecule has 0 aromatic heterocycles. The number of carbonyl (C=O) groups is 1. The van der Waals surface area contributed by atoms with E-state index in [2.05, 4.69) is 4.74 Å². The van der Waals surface area contributed by atoms with Crippen LogP contribution in [-0.4, -0.2) is 18.8 Å². The molecule has 0 amide bonds. The summed E-state index contributed by atoms with van der Waals surface area (Å²) in [5, 5.41) is 0. The van der Waals surface area contributed by atoms with Crippen LogP contribution in [0.25, 0.3) is 6.08 Å². The van der Waals surface area contributed by atoms with Crippen molar-refractivity contribution in [3.63, 3.8) is 0 Å². The summed E-state index contributed by atoms with van der Waals surface area (Å²) >= 11 is 0. The Morgan fingerprint density at radius 3 is 2.35 bits per heavy atom. The number of benzene rings is 1. The fourth-order valence-electron chi connectivity index (χ4n) is 1.18. The molecule has 1 rings (SSSR count). The number of rotatable bonds is 3. The molecule has 0 fully saturated rings. The Morgan fingerprint density at radius 2 is 1.88 bits per heavy atom. The van der Waals surface area contributed by atoms with Gasteiger partial charge in [-0.05, 0) is 18.6 Å². The Morgan fingerprint density at radius 1 is 1.29 bits per heavy atom. The first-order chi connectivity index (χ1) is 7.95. The van der Waals surface area contributed by atoms with E-state index >= 15 is 0 Å². The van der Waals surface area contributed by atoms with Crippen molar-refractivity contribution in [1.29, 1.82) is 0 Å². The van der Waals surface area contributed by atoms with E-state index in [1.807, 2.05) is 0 Å². The van der Waals surface area contributed by atoms with Crippen LogP contribution in [0.4, 0.5) is 13.2 Å². The van der Waals surface area contributed by atoms with Gasteiger partial charge in [0.1, 0.15) is 5.57 Å². The van der Waals surface area contributed by atoms with Crippen LogP contribution in [0.3, 0.4) is 0 Å². The quantitative estimate of drug-likeness (QED) is 0.603. The van der Waals surface area contributed by atoms with Crippen molar-refractivity contribution >= 4 is 12.0 Å². The van der Waals surface area contributed by atoms with E-state index in [1.165, 1.54) is 19.1 Å². The number of carbonyl (C=O) groups excluding carboxylic acids is 1. The maximum atomic E-state index is 12.6. The van der Waals surface area contributed by atoms with Gasteiger partial charge in [-0.3, -0.25) is 0 Å². The van der Waals surface area contributed by atoms with Crippen LogP contribution in [0.2, 0.25) is 0 Å². The van der Waals surface area contributed by atoms with Crippen LogP contribution >= 0.6 is 0 Å². The van der Waals surface area contributed by atoms with E-state index in [0.717, 1.165) is 6.08 Å². The summed E-state index contributed by atoms with van der Waals surface area (Å²) in [6, 6.07) is 7.81. The average molecular weight is 244 g/mol. The Balaban J connectivity index is 3.07. The predicted molar refractivity (Wildman–Crippen MR) is 57.1 cm³/mol. The van der Waals surface area contributed by atoms with Gasteiger partial charge in [0.15, 0.2) is 0 Å². The lowest BCUT2D eigenvalue weighted by atomic mass is 10.1. The number of hydrogen-bond donors (Lipinski definition) is 0. The van der Waals surface area contributed by atoms with Gasteiger partial charge in [-0.25, -0.2) is 4.79 Å². The van der Waals surface area contributed by atoms with E-state index in [1.54, 1.807) is 18.2 Å². The molecule has 0 unspecified atom stereocenters.